The molecule has 4 aromatic rings. The second kappa shape index (κ2) is 25.1. The van der Waals surface area contributed by atoms with Crippen LogP contribution in [-0.2, 0) is 19.1 Å². The summed E-state index contributed by atoms with van der Waals surface area (Å²) in [4.78, 5) is 49.5. The molecule has 0 aliphatic carbocycles. The molecule has 2 saturated heterocycles. The molecule has 6 heterocycles. The molecule has 2 aliphatic rings. The number of rotatable bonds is 19. The molecule has 6 rings (SSSR count). The lowest BCUT2D eigenvalue weighted by molar-refractivity contribution is -0.151. The number of likely N-dealkylation sites (tertiary alicyclic amines) is 1. The fourth-order valence-electron chi connectivity index (χ4n) is 5.59. The summed E-state index contributed by atoms with van der Waals surface area (Å²) in [5.74, 6) is 0.745. The summed E-state index contributed by atoms with van der Waals surface area (Å²) < 4.78 is 45.4. The fourth-order valence-corrected chi connectivity index (χ4v) is 7.35. The maximum atomic E-state index is 13.1. The Labute approximate surface area is 347 Å². The number of ketones is 2. The molecule has 0 atom stereocenters. The van der Waals surface area contributed by atoms with Gasteiger partial charge < -0.3 is 28.7 Å². The van der Waals surface area contributed by atoms with Gasteiger partial charge in [-0.2, -0.15) is 8.78 Å². The molecule has 308 valence electrons. The average Bonchev–Trinajstić information content (AvgIpc) is 3.97. The SMILES string of the molecule is COC(=O)C1CN(CCCCCCC(=O)c2cc(-c3ccc(F)s3)on2)C1.COC(=O)C1CNC1.Cl.O=C(CCCCCCBr)c1cc(-c2ccc(F)s2)on1. The number of carbonyl (C=O) groups excluding carboxylic acids is 4. The van der Waals surface area contributed by atoms with Gasteiger partial charge in [-0.3, -0.25) is 19.2 Å². The quantitative estimate of drug-likeness (QED) is 0.0415. The van der Waals surface area contributed by atoms with E-state index in [1.807, 2.05) is 0 Å². The predicted octanol–water partition coefficient (Wildman–Crippen LogP) is 8.65. The molecule has 4 aromatic heterocycles. The summed E-state index contributed by atoms with van der Waals surface area (Å²) in [5.41, 5.74) is 0.627. The van der Waals surface area contributed by atoms with Crippen molar-refractivity contribution in [3.8, 4) is 21.3 Å². The van der Waals surface area contributed by atoms with Crippen LogP contribution in [0.25, 0.3) is 21.3 Å². The topological polar surface area (TPSA) is 154 Å². The number of Topliss-reactive ketones (excluding diaryl/α,β-unsaturated/α-hetero) is 2. The van der Waals surface area contributed by atoms with Crippen LogP contribution in [0.5, 0.6) is 0 Å². The predicted molar refractivity (Wildman–Crippen MR) is 216 cm³/mol. The van der Waals surface area contributed by atoms with Crippen molar-refractivity contribution < 1.29 is 46.5 Å². The summed E-state index contributed by atoms with van der Waals surface area (Å²) >= 11 is 5.32. The number of carbonyl (C=O) groups is 4. The first-order valence-corrected chi connectivity index (χ1v) is 21.0. The first kappa shape index (κ1) is 47.0. The Kier molecular flexibility index (Phi) is 21.1. The summed E-state index contributed by atoms with van der Waals surface area (Å²) in [6.07, 6.45) is 8.95. The molecule has 18 heteroatoms. The number of hydrogen-bond donors (Lipinski definition) is 1. The van der Waals surface area contributed by atoms with Gasteiger partial charge in [-0.15, -0.1) is 35.1 Å². The Hall–Kier alpha value is -3.35. The number of unbranched alkanes of at least 4 members (excludes halogenated alkanes) is 6. The van der Waals surface area contributed by atoms with Crippen LogP contribution in [0.4, 0.5) is 8.78 Å². The molecule has 0 radical (unpaired) electrons. The van der Waals surface area contributed by atoms with Gasteiger partial charge in [0, 0.05) is 56.5 Å². The molecule has 0 aromatic carbocycles. The first-order chi connectivity index (χ1) is 26.6. The Bertz CT molecular complexity index is 1810. The van der Waals surface area contributed by atoms with E-state index < -0.39 is 0 Å². The second-order valence-electron chi connectivity index (χ2n) is 13.1. The summed E-state index contributed by atoms with van der Waals surface area (Å²) in [7, 11) is 2.84. The minimum Gasteiger partial charge on any atom is -0.469 e. The monoisotopic (exact) mass is 904 g/mol. The summed E-state index contributed by atoms with van der Waals surface area (Å²) in [6.45, 7) is 4.12. The van der Waals surface area contributed by atoms with Gasteiger partial charge in [-0.25, -0.2) is 0 Å². The highest BCUT2D eigenvalue weighted by Gasteiger charge is 2.32. The smallest absolute Gasteiger partial charge is 0.311 e. The van der Waals surface area contributed by atoms with Crippen molar-refractivity contribution >= 4 is 74.5 Å². The van der Waals surface area contributed by atoms with Crippen molar-refractivity contribution in [2.75, 3.05) is 52.3 Å². The lowest BCUT2D eigenvalue weighted by atomic mass is 9.99. The number of alkyl halides is 1. The van der Waals surface area contributed by atoms with Crippen molar-refractivity contribution in [1.82, 2.24) is 20.5 Å². The van der Waals surface area contributed by atoms with Gasteiger partial charge in [-0.05, 0) is 56.5 Å². The van der Waals surface area contributed by atoms with Crippen LogP contribution in [0.1, 0.15) is 85.2 Å². The van der Waals surface area contributed by atoms with Crippen LogP contribution >= 0.6 is 51.0 Å². The molecule has 0 saturated carbocycles. The van der Waals surface area contributed by atoms with E-state index in [0.717, 1.165) is 112 Å². The van der Waals surface area contributed by atoms with Crippen molar-refractivity contribution in [3.63, 3.8) is 0 Å². The van der Waals surface area contributed by atoms with E-state index in [9.17, 15) is 28.0 Å². The second-order valence-corrected chi connectivity index (χ2v) is 15.9. The van der Waals surface area contributed by atoms with Crippen LogP contribution in [0.15, 0.2) is 45.4 Å². The maximum absolute atomic E-state index is 13.1. The van der Waals surface area contributed by atoms with E-state index in [1.165, 1.54) is 26.4 Å². The van der Waals surface area contributed by atoms with E-state index in [1.54, 1.807) is 24.3 Å². The zero-order valence-corrected chi connectivity index (χ0v) is 35.4. The van der Waals surface area contributed by atoms with Crippen LogP contribution < -0.4 is 5.32 Å². The molecule has 0 amide bonds. The minimum absolute atomic E-state index is 0. The number of thiophene rings is 2. The number of hydrogen-bond acceptors (Lipinski definition) is 14. The van der Waals surface area contributed by atoms with Gasteiger partial charge >= 0.3 is 11.9 Å². The minimum atomic E-state index is -0.298. The van der Waals surface area contributed by atoms with Crippen molar-refractivity contribution in [1.29, 1.82) is 0 Å². The normalized spacial score (nSPS) is 13.9. The van der Waals surface area contributed by atoms with Crippen LogP contribution in [0.3, 0.4) is 0 Å². The highest BCUT2D eigenvalue weighted by Crippen LogP contribution is 2.29. The van der Waals surface area contributed by atoms with Crippen LogP contribution in [0.2, 0.25) is 0 Å². The Morgan fingerprint density at radius 2 is 1.21 bits per heavy atom. The molecule has 56 heavy (non-hydrogen) atoms. The molecule has 1 N–H and O–H groups in total. The Balaban J connectivity index is 0.000000254. The molecule has 0 spiro atoms. The summed E-state index contributed by atoms with van der Waals surface area (Å²) in [6, 6.07) is 9.13. The molecular formula is C38H48BrClF2N4O8S2. The highest BCUT2D eigenvalue weighted by molar-refractivity contribution is 9.09. The Morgan fingerprint density at radius 1 is 0.750 bits per heavy atom. The number of esters is 2. The molecular weight excluding hydrogens is 858 g/mol. The fraction of sp³-hybridized carbons (Fsp3) is 0.526. The summed E-state index contributed by atoms with van der Waals surface area (Å²) in [5, 5.41) is 11.0. The van der Waals surface area contributed by atoms with E-state index in [2.05, 4.69) is 41.2 Å². The third-order valence-electron chi connectivity index (χ3n) is 8.95. The lowest BCUT2D eigenvalue weighted by Crippen LogP contribution is -2.50. The average molecular weight is 906 g/mol. The van der Waals surface area contributed by atoms with E-state index in [4.69, 9.17) is 13.8 Å². The molecule has 12 nitrogen and oxygen atoms in total. The Morgan fingerprint density at radius 3 is 1.61 bits per heavy atom. The van der Waals surface area contributed by atoms with E-state index >= 15 is 0 Å². The van der Waals surface area contributed by atoms with Crippen molar-refractivity contribution in [2.24, 2.45) is 11.8 Å². The number of nitrogens with one attached hydrogen (secondary N) is 1. The van der Waals surface area contributed by atoms with Gasteiger partial charge in [0.25, 0.3) is 0 Å². The van der Waals surface area contributed by atoms with Gasteiger partial charge in [0.05, 0.1) is 35.8 Å². The largest absolute Gasteiger partial charge is 0.469 e. The molecule has 2 aliphatic heterocycles. The maximum Gasteiger partial charge on any atom is 0.311 e. The number of aromatic nitrogens is 2. The van der Waals surface area contributed by atoms with Gasteiger partial charge in [0.15, 0.2) is 33.3 Å². The van der Waals surface area contributed by atoms with Gasteiger partial charge in [0.2, 0.25) is 0 Å². The van der Waals surface area contributed by atoms with E-state index in [-0.39, 0.29) is 58.0 Å². The van der Waals surface area contributed by atoms with Crippen molar-refractivity contribution in [2.45, 2.75) is 64.2 Å². The third-order valence-corrected chi connectivity index (χ3v) is 11.3. The van der Waals surface area contributed by atoms with Crippen LogP contribution in [-0.4, -0.2) is 91.0 Å². The number of ether oxygens (including phenoxy) is 2. The standard InChI is InChI=1S/C19H23FN2O4S.C14H15BrFNO2S.C5H9NO2.ClH/c1-25-19(24)13-11-22(12-13)9-5-3-2-4-6-15(23)14-10-16(26-21-14)17-7-8-18(20)27-17;15-8-4-2-1-3-5-11(18)10-9-12(19-17-10)13-6-7-14(16)20-13;1-8-5(7)4-2-6-3-4;/h7-8,10,13H,2-6,9,11-12H2,1H3;6-7,9H,1-5,8H2;4,6H,2-3H2,1H3;1H. The first-order valence-electron chi connectivity index (χ1n) is 18.3. The number of methoxy groups -OCH3 is 2. The zero-order valence-electron chi connectivity index (χ0n) is 31.4. The van der Waals surface area contributed by atoms with Crippen LogP contribution in [0, 0.1) is 22.1 Å². The van der Waals surface area contributed by atoms with Gasteiger partial charge in [0.1, 0.15) is 11.4 Å². The zero-order chi connectivity index (χ0) is 39.6. The molecule has 0 unspecified atom stereocenters. The van der Waals surface area contributed by atoms with Crippen molar-refractivity contribution in [3.05, 3.63) is 58.0 Å². The highest BCUT2D eigenvalue weighted by atomic mass is 79.9. The number of halogens is 4. The third kappa shape index (κ3) is 15.2. The van der Waals surface area contributed by atoms with E-state index in [0.29, 0.717) is 45.5 Å². The van der Waals surface area contributed by atoms with Gasteiger partial charge in [-0.1, -0.05) is 51.9 Å². The molecule has 2 fully saturated rings. The number of nitrogens with zero attached hydrogens (tertiary/aromatic N) is 3. The lowest BCUT2D eigenvalue weighted by Gasteiger charge is -2.37. The molecule has 0 bridgehead atoms.